The molecule has 0 saturated heterocycles. The first-order chi connectivity index (χ1) is 8.23. The second kappa shape index (κ2) is 4.84. The molecule has 0 aromatic heterocycles. The Bertz CT molecular complexity index is 478. The predicted molar refractivity (Wildman–Crippen MR) is 67.4 cm³/mol. The van der Waals surface area contributed by atoms with Gasteiger partial charge in [-0.15, -0.1) is 0 Å². The lowest BCUT2D eigenvalue weighted by Crippen LogP contribution is -2.18. The van der Waals surface area contributed by atoms with Gasteiger partial charge in [0.05, 0.1) is 19.9 Å². The smallest absolute Gasteiger partial charge is 0.344 e. The fraction of sp³-hybridized carbons (Fsp3) is 0.462. The van der Waals surface area contributed by atoms with Crippen LogP contribution in [0.3, 0.4) is 0 Å². The van der Waals surface area contributed by atoms with Crippen molar-refractivity contribution >= 4 is 11.7 Å². The second-order valence-corrected chi connectivity index (χ2v) is 4.98. The zero-order valence-corrected chi connectivity index (χ0v) is 11.3. The van der Waals surface area contributed by atoms with Crippen LogP contribution in [0.5, 0.6) is 5.75 Å². The van der Waals surface area contributed by atoms with Crippen LogP contribution >= 0.6 is 0 Å². The highest BCUT2D eigenvalue weighted by Crippen LogP contribution is 2.38. The SMILES string of the molecule is COC(=O)c1c(F)c(N)cc(C(C)(C)C)c1OC. The van der Waals surface area contributed by atoms with Crippen molar-refractivity contribution in [3.05, 3.63) is 23.0 Å². The first kappa shape index (κ1) is 14.3. The van der Waals surface area contributed by atoms with Crippen molar-refractivity contribution in [3.8, 4) is 5.75 Å². The summed E-state index contributed by atoms with van der Waals surface area (Å²) in [5, 5.41) is 0. The fourth-order valence-corrected chi connectivity index (χ4v) is 1.72. The number of hydrogen-bond donors (Lipinski definition) is 1. The van der Waals surface area contributed by atoms with Crippen molar-refractivity contribution < 1.29 is 18.7 Å². The normalized spacial score (nSPS) is 11.2. The molecule has 0 unspecified atom stereocenters. The Kier molecular flexibility index (Phi) is 3.84. The molecule has 5 heteroatoms. The summed E-state index contributed by atoms with van der Waals surface area (Å²) in [7, 11) is 2.56. The third kappa shape index (κ3) is 2.39. The van der Waals surface area contributed by atoms with Gasteiger partial charge in [-0.3, -0.25) is 0 Å². The van der Waals surface area contributed by atoms with Crippen molar-refractivity contribution in [2.45, 2.75) is 26.2 Å². The first-order valence-electron chi connectivity index (χ1n) is 5.48. The van der Waals surface area contributed by atoms with Crippen LogP contribution in [0.4, 0.5) is 10.1 Å². The van der Waals surface area contributed by atoms with E-state index in [0.29, 0.717) is 5.56 Å². The number of ether oxygens (including phenoxy) is 2. The van der Waals surface area contributed by atoms with E-state index in [0.717, 1.165) is 0 Å². The average Bonchev–Trinajstić information content (AvgIpc) is 2.29. The number of methoxy groups -OCH3 is 2. The molecule has 0 spiro atoms. The summed E-state index contributed by atoms with van der Waals surface area (Å²) in [6, 6.07) is 1.49. The summed E-state index contributed by atoms with van der Waals surface area (Å²) < 4.78 is 23.7. The molecule has 0 radical (unpaired) electrons. The van der Waals surface area contributed by atoms with E-state index in [9.17, 15) is 9.18 Å². The highest BCUT2D eigenvalue weighted by Gasteiger charge is 2.29. The van der Waals surface area contributed by atoms with Gasteiger partial charge in [-0.2, -0.15) is 0 Å². The number of nitrogen functional groups attached to an aromatic ring is 1. The molecule has 4 nitrogen and oxygen atoms in total. The third-order valence-corrected chi connectivity index (χ3v) is 2.65. The molecule has 1 aromatic carbocycles. The van der Waals surface area contributed by atoms with Crippen LogP contribution in [0, 0.1) is 5.82 Å². The Hall–Kier alpha value is -1.78. The number of halogens is 1. The van der Waals surface area contributed by atoms with Gasteiger partial charge in [-0.25, -0.2) is 9.18 Å². The molecule has 2 N–H and O–H groups in total. The molecule has 0 amide bonds. The molecule has 0 bridgehead atoms. The number of anilines is 1. The van der Waals surface area contributed by atoms with Crippen LogP contribution in [0.15, 0.2) is 6.07 Å². The molecule has 1 rings (SSSR count). The van der Waals surface area contributed by atoms with Gasteiger partial charge in [0.2, 0.25) is 0 Å². The van der Waals surface area contributed by atoms with Crippen molar-refractivity contribution in [1.29, 1.82) is 0 Å². The lowest BCUT2D eigenvalue weighted by atomic mass is 9.84. The minimum absolute atomic E-state index is 0.0962. The number of nitrogens with two attached hydrogens (primary N) is 1. The van der Waals surface area contributed by atoms with Crippen LogP contribution in [0.25, 0.3) is 0 Å². The molecule has 1 aromatic rings. The maximum Gasteiger partial charge on any atom is 0.344 e. The summed E-state index contributed by atoms with van der Waals surface area (Å²) in [5.74, 6) is -1.45. The third-order valence-electron chi connectivity index (χ3n) is 2.65. The van der Waals surface area contributed by atoms with Gasteiger partial charge >= 0.3 is 5.97 Å². The Morgan fingerprint density at radius 2 is 1.89 bits per heavy atom. The highest BCUT2D eigenvalue weighted by molar-refractivity contribution is 5.94. The Morgan fingerprint density at radius 1 is 1.33 bits per heavy atom. The largest absolute Gasteiger partial charge is 0.495 e. The minimum Gasteiger partial charge on any atom is -0.495 e. The minimum atomic E-state index is -0.813. The molecule has 0 saturated carbocycles. The average molecular weight is 255 g/mol. The zero-order valence-electron chi connectivity index (χ0n) is 11.3. The van der Waals surface area contributed by atoms with Gasteiger partial charge in [0.15, 0.2) is 5.82 Å². The maximum absolute atomic E-state index is 13.9. The van der Waals surface area contributed by atoms with Crippen LogP contribution in [0.2, 0.25) is 0 Å². The summed E-state index contributed by atoms with van der Waals surface area (Å²) >= 11 is 0. The number of hydrogen-bond acceptors (Lipinski definition) is 4. The molecule has 18 heavy (non-hydrogen) atoms. The van der Waals surface area contributed by atoms with Crippen LogP contribution in [-0.4, -0.2) is 20.2 Å². The monoisotopic (exact) mass is 255 g/mol. The molecular weight excluding hydrogens is 237 g/mol. The molecule has 0 heterocycles. The topological polar surface area (TPSA) is 61.5 Å². The summed E-state index contributed by atoms with van der Waals surface area (Å²) in [5.41, 5.74) is 5.56. The van der Waals surface area contributed by atoms with E-state index >= 15 is 0 Å². The summed E-state index contributed by atoms with van der Waals surface area (Å²) in [4.78, 5) is 11.6. The molecule has 100 valence electrons. The standard InChI is InChI=1S/C13H18FNO3/c1-13(2,3)7-6-8(15)10(14)9(11(7)17-4)12(16)18-5/h6H,15H2,1-5H3. The van der Waals surface area contributed by atoms with Crippen molar-refractivity contribution in [2.24, 2.45) is 0 Å². The van der Waals surface area contributed by atoms with E-state index in [1.54, 1.807) is 0 Å². The lowest BCUT2D eigenvalue weighted by Gasteiger charge is -2.24. The van der Waals surface area contributed by atoms with Crippen LogP contribution in [-0.2, 0) is 10.2 Å². The van der Waals surface area contributed by atoms with E-state index in [1.807, 2.05) is 20.8 Å². The number of carbonyl (C=O) groups excluding carboxylic acids is 1. The van der Waals surface area contributed by atoms with Gasteiger partial charge in [-0.05, 0) is 11.5 Å². The Morgan fingerprint density at radius 3 is 2.28 bits per heavy atom. The molecule has 0 aliphatic heterocycles. The first-order valence-corrected chi connectivity index (χ1v) is 5.48. The van der Waals surface area contributed by atoms with Crippen molar-refractivity contribution in [3.63, 3.8) is 0 Å². The number of carbonyl (C=O) groups is 1. The predicted octanol–water partition coefficient (Wildman–Crippen LogP) is 2.50. The van der Waals surface area contributed by atoms with E-state index in [4.69, 9.17) is 10.5 Å². The molecule has 0 aliphatic carbocycles. The Labute approximate surface area is 106 Å². The van der Waals surface area contributed by atoms with Gasteiger partial charge in [0.25, 0.3) is 0 Å². The van der Waals surface area contributed by atoms with Gasteiger partial charge in [0.1, 0.15) is 11.3 Å². The lowest BCUT2D eigenvalue weighted by molar-refractivity contribution is 0.0591. The highest BCUT2D eigenvalue weighted by atomic mass is 19.1. The Balaban J connectivity index is 3.68. The van der Waals surface area contributed by atoms with Crippen molar-refractivity contribution in [1.82, 2.24) is 0 Å². The van der Waals surface area contributed by atoms with Gasteiger partial charge in [0, 0.05) is 5.56 Å². The summed E-state index contributed by atoms with van der Waals surface area (Å²) in [6.45, 7) is 5.76. The number of esters is 1. The maximum atomic E-state index is 13.9. The molecule has 0 aliphatic rings. The number of benzene rings is 1. The molecule has 0 atom stereocenters. The van der Waals surface area contributed by atoms with Crippen LogP contribution < -0.4 is 10.5 Å². The van der Waals surface area contributed by atoms with E-state index in [2.05, 4.69) is 4.74 Å². The quantitative estimate of drug-likeness (QED) is 0.651. The summed E-state index contributed by atoms with van der Waals surface area (Å²) in [6.07, 6.45) is 0. The second-order valence-electron chi connectivity index (χ2n) is 4.98. The number of rotatable bonds is 2. The molecule has 0 fully saturated rings. The van der Waals surface area contributed by atoms with E-state index in [1.165, 1.54) is 20.3 Å². The van der Waals surface area contributed by atoms with Gasteiger partial charge < -0.3 is 15.2 Å². The van der Waals surface area contributed by atoms with Crippen molar-refractivity contribution in [2.75, 3.05) is 20.0 Å². The van der Waals surface area contributed by atoms with E-state index in [-0.39, 0.29) is 22.4 Å². The van der Waals surface area contributed by atoms with Crippen LogP contribution in [0.1, 0.15) is 36.7 Å². The fourth-order valence-electron chi connectivity index (χ4n) is 1.72. The van der Waals surface area contributed by atoms with E-state index < -0.39 is 11.8 Å². The molecular formula is C13H18FNO3. The van der Waals surface area contributed by atoms with Gasteiger partial charge in [-0.1, -0.05) is 20.8 Å². The zero-order chi connectivity index (χ0) is 14.1.